The Labute approximate surface area is 161 Å². The number of anilines is 1. The summed E-state index contributed by atoms with van der Waals surface area (Å²) in [6.07, 6.45) is 3.84. The van der Waals surface area contributed by atoms with Crippen LogP contribution in [0.2, 0.25) is 0 Å². The van der Waals surface area contributed by atoms with E-state index in [1.165, 1.54) is 16.7 Å². The summed E-state index contributed by atoms with van der Waals surface area (Å²) in [6, 6.07) is 17.6. The Hall–Kier alpha value is -2.88. The number of aromatic nitrogens is 3. The van der Waals surface area contributed by atoms with Crippen molar-refractivity contribution in [3.63, 3.8) is 0 Å². The fourth-order valence-corrected chi connectivity index (χ4v) is 3.47. The van der Waals surface area contributed by atoms with Crippen LogP contribution in [-0.2, 0) is 0 Å². The zero-order valence-electron chi connectivity index (χ0n) is 16.3. The number of benzene rings is 2. The molecule has 4 rings (SSSR count). The number of rotatable bonds is 4. The molecule has 2 aromatic carbocycles. The van der Waals surface area contributed by atoms with Gasteiger partial charge in [-0.3, -0.25) is 0 Å². The smallest absolute Gasteiger partial charge is 0.226 e. The molecule has 1 aromatic heterocycles. The molecular weight excluding hydrogens is 332 g/mol. The van der Waals surface area contributed by atoms with Crippen LogP contribution in [0.1, 0.15) is 67.8 Å². The number of allylic oxidation sites excluding steroid dienone is 1. The number of hydrogen-bond acceptors (Lipinski definition) is 3. The lowest BCUT2D eigenvalue weighted by atomic mass is 9.96. The molecule has 1 aliphatic rings. The average molecular weight is 358 g/mol. The van der Waals surface area contributed by atoms with Crippen molar-refractivity contribution in [3.05, 3.63) is 83.2 Å². The van der Waals surface area contributed by atoms with Crippen LogP contribution in [0.4, 0.5) is 5.95 Å². The highest BCUT2D eigenvalue weighted by atomic mass is 15.4. The molecule has 1 atom stereocenters. The zero-order chi connectivity index (χ0) is 19.0. The van der Waals surface area contributed by atoms with Crippen molar-refractivity contribution in [2.45, 2.75) is 45.6 Å². The number of hydrogen-bond donors (Lipinski definition) is 1. The Morgan fingerprint density at radius 3 is 2.04 bits per heavy atom. The van der Waals surface area contributed by atoms with E-state index >= 15 is 0 Å². The van der Waals surface area contributed by atoms with Crippen molar-refractivity contribution >= 4 is 11.6 Å². The third kappa shape index (κ3) is 3.39. The van der Waals surface area contributed by atoms with Gasteiger partial charge >= 0.3 is 0 Å². The standard InChI is InChI=1S/C23H26N4/c1-15(2)17-5-9-19(10-6-17)21-13-22(27-23(26-21)24-14-25-27)20-11-7-18(8-12-20)16(3)4/h5-16,22H,1-4H3,(H,24,25,26). The van der Waals surface area contributed by atoms with Crippen LogP contribution in [0.25, 0.3) is 5.70 Å². The normalized spacial score (nSPS) is 16.2. The predicted octanol–water partition coefficient (Wildman–Crippen LogP) is 5.58. The van der Waals surface area contributed by atoms with Gasteiger partial charge in [-0.25, -0.2) is 4.68 Å². The summed E-state index contributed by atoms with van der Waals surface area (Å²) in [7, 11) is 0. The van der Waals surface area contributed by atoms with E-state index in [2.05, 4.69) is 97.7 Å². The molecule has 0 saturated heterocycles. The fourth-order valence-electron chi connectivity index (χ4n) is 3.47. The van der Waals surface area contributed by atoms with E-state index in [4.69, 9.17) is 0 Å². The molecule has 4 heteroatoms. The molecule has 0 saturated carbocycles. The van der Waals surface area contributed by atoms with Gasteiger partial charge in [0, 0.05) is 5.70 Å². The van der Waals surface area contributed by atoms with Crippen molar-refractivity contribution in [2.24, 2.45) is 0 Å². The molecule has 3 aromatic rings. The Kier molecular flexibility index (Phi) is 4.56. The summed E-state index contributed by atoms with van der Waals surface area (Å²) in [5, 5.41) is 7.86. The first-order valence-corrected chi connectivity index (χ1v) is 9.61. The van der Waals surface area contributed by atoms with E-state index in [-0.39, 0.29) is 6.04 Å². The first-order valence-electron chi connectivity index (χ1n) is 9.61. The quantitative estimate of drug-likeness (QED) is 0.662. The maximum absolute atomic E-state index is 4.44. The lowest BCUT2D eigenvalue weighted by Crippen LogP contribution is -2.20. The third-order valence-electron chi connectivity index (χ3n) is 5.24. The van der Waals surface area contributed by atoms with Gasteiger partial charge in [0.25, 0.3) is 0 Å². The van der Waals surface area contributed by atoms with E-state index in [0.717, 1.165) is 17.2 Å². The van der Waals surface area contributed by atoms with Gasteiger partial charge in [-0.05, 0) is 40.2 Å². The summed E-state index contributed by atoms with van der Waals surface area (Å²) < 4.78 is 1.94. The van der Waals surface area contributed by atoms with Crippen molar-refractivity contribution in [3.8, 4) is 0 Å². The van der Waals surface area contributed by atoms with E-state index in [9.17, 15) is 0 Å². The monoisotopic (exact) mass is 358 g/mol. The summed E-state index contributed by atoms with van der Waals surface area (Å²) in [5.41, 5.74) is 6.14. The molecule has 2 heterocycles. The average Bonchev–Trinajstić information content (AvgIpc) is 3.16. The van der Waals surface area contributed by atoms with Gasteiger partial charge in [-0.1, -0.05) is 76.2 Å². The molecule has 4 nitrogen and oxygen atoms in total. The molecule has 27 heavy (non-hydrogen) atoms. The minimum Gasteiger partial charge on any atom is -0.324 e. The summed E-state index contributed by atoms with van der Waals surface area (Å²) in [5.74, 6) is 1.83. The van der Waals surface area contributed by atoms with Gasteiger partial charge in [-0.2, -0.15) is 10.1 Å². The molecule has 0 spiro atoms. The first kappa shape index (κ1) is 17.5. The van der Waals surface area contributed by atoms with Gasteiger partial charge in [0.05, 0.1) is 0 Å². The topological polar surface area (TPSA) is 42.7 Å². The van der Waals surface area contributed by atoms with E-state index in [1.807, 2.05) is 4.68 Å². The second kappa shape index (κ2) is 7.03. The minimum absolute atomic E-state index is 0.0322. The van der Waals surface area contributed by atoms with E-state index in [1.54, 1.807) is 6.33 Å². The predicted molar refractivity (Wildman–Crippen MR) is 111 cm³/mol. The second-order valence-corrected chi connectivity index (χ2v) is 7.78. The van der Waals surface area contributed by atoms with Gasteiger partial charge < -0.3 is 5.32 Å². The van der Waals surface area contributed by atoms with Crippen LogP contribution in [0, 0.1) is 0 Å². The Morgan fingerprint density at radius 1 is 0.852 bits per heavy atom. The first-order chi connectivity index (χ1) is 13.0. The largest absolute Gasteiger partial charge is 0.324 e. The van der Waals surface area contributed by atoms with E-state index < -0.39 is 0 Å². The molecule has 0 radical (unpaired) electrons. The number of fused-ring (bicyclic) bond motifs is 1. The van der Waals surface area contributed by atoms with Crippen LogP contribution in [0.5, 0.6) is 0 Å². The Morgan fingerprint density at radius 2 is 1.44 bits per heavy atom. The maximum atomic E-state index is 4.44. The summed E-state index contributed by atoms with van der Waals surface area (Å²) in [4.78, 5) is 4.40. The molecule has 1 N–H and O–H groups in total. The third-order valence-corrected chi connectivity index (χ3v) is 5.24. The van der Waals surface area contributed by atoms with Gasteiger partial charge in [0.2, 0.25) is 5.95 Å². The molecule has 0 amide bonds. The maximum Gasteiger partial charge on any atom is 0.226 e. The molecule has 1 unspecified atom stereocenters. The Bertz CT molecular complexity index is 947. The number of nitrogens with zero attached hydrogens (tertiary/aromatic N) is 3. The van der Waals surface area contributed by atoms with Crippen LogP contribution in [0.3, 0.4) is 0 Å². The molecular formula is C23H26N4. The van der Waals surface area contributed by atoms with Crippen molar-refractivity contribution in [1.29, 1.82) is 0 Å². The molecule has 0 fully saturated rings. The van der Waals surface area contributed by atoms with Crippen molar-refractivity contribution < 1.29 is 0 Å². The van der Waals surface area contributed by atoms with Gasteiger partial charge in [0.15, 0.2) is 0 Å². The molecule has 138 valence electrons. The van der Waals surface area contributed by atoms with Crippen molar-refractivity contribution in [2.75, 3.05) is 5.32 Å². The molecule has 0 aliphatic carbocycles. The highest BCUT2D eigenvalue weighted by Crippen LogP contribution is 2.32. The lowest BCUT2D eigenvalue weighted by Gasteiger charge is -2.25. The summed E-state index contributed by atoms with van der Waals surface area (Å²) in [6.45, 7) is 8.86. The zero-order valence-corrected chi connectivity index (χ0v) is 16.3. The SMILES string of the molecule is CC(C)c1ccc(C2=CC(c3ccc(C(C)C)cc3)n3ncnc3N2)cc1. The van der Waals surface area contributed by atoms with Crippen molar-refractivity contribution in [1.82, 2.24) is 14.8 Å². The minimum atomic E-state index is 0.0322. The lowest BCUT2D eigenvalue weighted by molar-refractivity contribution is 0.611. The fraction of sp³-hybridized carbons (Fsp3) is 0.304. The number of nitrogens with one attached hydrogen (secondary N) is 1. The van der Waals surface area contributed by atoms with Gasteiger partial charge in [-0.15, -0.1) is 0 Å². The molecule has 0 bridgehead atoms. The van der Waals surface area contributed by atoms with Crippen LogP contribution in [0.15, 0.2) is 60.9 Å². The summed E-state index contributed by atoms with van der Waals surface area (Å²) >= 11 is 0. The van der Waals surface area contributed by atoms with Crippen LogP contribution in [-0.4, -0.2) is 14.8 Å². The van der Waals surface area contributed by atoms with Gasteiger partial charge in [0.1, 0.15) is 12.4 Å². The highest BCUT2D eigenvalue weighted by Gasteiger charge is 2.23. The van der Waals surface area contributed by atoms with Crippen LogP contribution >= 0.6 is 0 Å². The Balaban J connectivity index is 1.71. The van der Waals surface area contributed by atoms with Crippen LogP contribution < -0.4 is 5.32 Å². The molecule has 1 aliphatic heterocycles. The highest BCUT2D eigenvalue weighted by molar-refractivity contribution is 5.77. The second-order valence-electron chi connectivity index (χ2n) is 7.78. The van der Waals surface area contributed by atoms with E-state index in [0.29, 0.717) is 11.8 Å².